The number of piperidine rings is 1. The summed E-state index contributed by atoms with van der Waals surface area (Å²) < 4.78 is 3.82. The van der Waals surface area contributed by atoms with Crippen LogP contribution in [0.4, 0.5) is 0 Å². The second-order valence-electron chi connectivity index (χ2n) is 6.62. The van der Waals surface area contributed by atoms with Crippen LogP contribution in [0.5, 0.6) is 0 Å². The highest BCUT2D eigenvalue weighted by atomic mass is 16.2. The van der Waals surface area contributed by atoms with Crippen molar-refractivity contribution in [3.8, 4) is 0 Å². The summed E-state index contributed by atoms with van der Waals surface area (Å²) in [6, 6.07) is 4.33. The van der Waals surface area contributed by atoms with E-state index in [-0.39, 0.29) is 5.91 Å². The van der Waals surface area contributed by atoms with Crippen molar-refractivity contribution in [2.75, 3.05) is 13.1 Å². The Hall–Kier alpha value is -2.11. The molecule has 1 aliphatic heterocycles. The summed E-state index contributed by atoms with van der Waals surface area (Å²) in [7, 11) is 1.97. The van der Waals surface area contributed by atoms with E-state index in [1.807, 2.05) is 39.8 Å². The zero-order valence-electron chi connectivity index (χ0n) is 14.1. The molecule has 1 fully saturated rings. The molecular weight excluding hydrogens is 290 g/mol. The summed E-state index contributed by atoms with van der Waals surface area (Å²) >= 11 is 0. The summed E-state index contributed by atoms with van der Waals surface area (Å²) in [6.07, 6.45) is 6.32. The number of likely N-dealkylation sites (tertiary alicyclic amines) is 1. The molecule has 0 saturated carbocycles. The van der Waals surface area contributed by atoms with Gasteiger partial charge in [0.25, 0.3) is 0 Å². The Morgan fingerprint density at radius 2 is 2.22 bits per heavy atom. The molecule has 0 spiro atoms. The van der Waals surface area contributed by atoms with E-state index in [1.54, 1.807) is 0 Å². The summed E-state index contributed by atoms with van der Waals surface area (Å²) in [4.78, 5) is 14.6. The van der Waals surface area contributed by atoms with Crippen LogP contribution in [-0.4, -0.2) is 43.5 Å². The number of amides is 1. The van der Waals surface area contributed by atoms with Gasteiger partial charge in [-0.05, 0) is 38.8 Å². The zero-order chi connectivity index (χ0) is 16.4. The molecule has 0 aromatic carbocycles. The van der Waals surface area contributed by atoms with Gasteiger partial charge in [0.2, 0.25) is 5.91 Å². The molecule has 6 heteroatoms. The van der Waals surface area contributed by atoms with Crippen LogP contribution in [0.2, 0.25) is 0 Å². The molecule has 124 valence electrons. The molecule has 0 radical (unpaired) electrons. The Kier molecular flexibility index (Phi) is 4.50. The Morgan fingerprint density at radius 3 is 2.87 bits per heavy atom. The van der Waals surface area contributed by atoms with Crippen LogP contribution in [0.25, 0.3) is 0 Å². The highest BCUT2D eigenvalue weighted by molar-refractivity contribution is 5.78. The normalized spacial score (nSPS) is 18.6. The predicted molar refractivity (Wildman–Crippen MR) is 88.1 cm³/mol. The maximum absolute atomic E-state index is 12.6. The van der Waals surface area contributed by atoms with Crippen LogP contribution in [0.3, 0.4) is 0 Å². The highest BCUT2D eigenvalue weighted by Gasteiger charge is 2.26. The van der Waals surface area contributed by atoms with E-state index < -0.39 is 0 Å². The third-order valence-electron chi connectivity index (χ3n) is 4.58. The molecule has 3 heterocycles. The third kappa shape index (κ3) is 3.46. The van der Waals surface area contributed by atoms with E-state index in [9.17, 15) is 4.79 Å². The van der Waals surface area contributed by atoms with Crippen LogP contribution in [0.1, 0.15) is 50.0 Å². The second kappa shape index (κ2) is 6.56. The van der Waals surface area contributed by atoms with Crippen molar-refractivity contribution in [3.05, 3.63) is 35.9 Å². The first kappa shape index (κ1) is 15.8. The topological polar surface area (TPSA) is 56.0 Å². The van der Waals surface area contributed by atoms with E-state index in [0.29, 0.717) is 18.4 Å². The number of carbonyl (C=O) groups excluding carboxylic acids is 1. The van der Waals surface area contributed by atoms with E-state index in [4.69, 9.17) is 0 Å². The quantitative estimate of drug-likeness (QED) is 0.868. The van der Waals surface area contributed by atoms with Gasteiger partial charge in [0.05, 0.1) is 12.1 Å². The number of aromatic nitrogens is 4. The van der Waals surface area contributed by atoms with E-state index >= 15 is 0 Å². The smallest absolute Gasteiger partial charge is 0.228 e. The number of nitrogens with zero attached hydrogens (tertiary/aromatic N) is 5. The summed E-state index contributed by atoms with van der Waals surface area (Å²) in [5.41, 5.74) is 2.07. The molecule has 1 aliphatic rings. The summed E-state index contributed by atoms with van der Waals surface area (Å²) in [5.74, 6) is 0.555. The first-order chi connectivity index (χ1) is 11.0. The molecule has 23 heavy (non-hydrogen) atoms. The van der Waals surface area contributed by atoms with Gasteiger partial charge in [-0.1, -0.05) is 0 Å². The molecule has 0 bridgehead atoms. The van der Waals surface area contributed by atoms with Gasteiger partial charge in [0.1, 0.15) is 0 Å². The van der Waals surface area contributed by atoms with Crippen molar-refractivity contribution in [2.24, 2.45) is 7.05 Å². The fourth-order valence-electron chi connectivity index (χ4n) is 3.26. The number of aryl methyl sites for hydroxylation is 1. The van der Waals surface area contributed by atoms with E-state index in [1.165, 1.54) is 5.69 Å². The third-order valence-corrected chi connectivity index (χ3v) is 4.58. The monoisotopic (exact) mass is 315 g/mol. The van der Waals surface area contributed by atoms with Gasteiger partial charge >= 0.3 is 0 Å². The maximum atomic E-state index is 12.6. The number of hydrogen-bond donors (Lipinski definition) is 0. The fraction of sp³-hybridized carbons (Fsp3) is 0.588. The van der Waals surface area contributed by atoms with Crippen molar-refractivity contribution in [2.45, 2.75) is 45.1 Å². The minimum absolute atomic E-state index is 0.172. The van der Waals surface area contributed by atoms with Gasteiger partial charge in [-0.3, -0.25) is 14.2 Å². The Labute approximate surface area is 137 Å². The molecule has 0 N–H and O–H groups in total. The molecule has 0 unspecified atom stereocenters. The standard InChI is InChI=1S/C17H25N5O/c1-13(2)22-10-7-15(19-22)11-17(23)21-9-4-5-14(12-21)16-6-8-18-20(16)3/h6-8,10,13-14H,4-5,9,11-12H2,1-3H3/t14-/m0/s1. The van der Waals surface area contributed by atoms with Crippen molar-refractivity contribution in [3.63, 3.8) is 0 Å². The Balaban J connectivity index is 1.63. The van der Waals surface area contributed by atoms with Gasteiger partial charge < -0.3 is 4.90 Å². The fourth-order valence-corrected chi connectivity index (χ4v) is 3.26. The van der Waals surface area contributed by atoms with Crippen LogP contribution in [-0.2, 0) is 18.3 Å². The lowest BCUT2D eigenvalue weighted by Gasteiger charge is -2.32. The minimum Gasteiger partial charge on any atom is -0.342 e. The summed E-state index contributed by atoms with van der Waals surface area (Å²) in [5, 5.41) is 8.73. The SMILES string of the molecule is CC(C)n1ccc(CC(=O)N2CCC[C@H](c3ccnn3C)C2)n1. The average Bonchev–Trinajstić information content (AvgIpc) is 3.16. The largest absolute Gasteiger partial charge is 0.342 e. The molecule has 2 aromatic heterocycles. The molecule has 2 aromatic rings. The zero-order valence-corrected chi connectivity index (χ0v) is 14.1. The lowest BCUT2D eigenvalue weighted by atomic mass is 9.94. The second-order valence-corrected chi connectivity index (χ2v) is 6.62. The Bertz CT molecular complexity index is 672. The van der Waals surface area contributed by atoms with Gasteiger partial charge in [0.15, 0.2) is 0 Å². The van der Waals surface area contributed by atoms with Gasteiger partial charge in [-0.25, -0.2) is 0 Å². The van der Waals surface area contributed by atoms with Crippen LogP contribution >= 0.6 is 0 Å². The highest BCUT2D eigenvalue weighted by Crippen LogP contribution is 2.26. The molecule has 1 amide bonds. The van der Waals surface area contributed by atoms with Gasteiger partial charge in [-0.15, -0.1) is 0 Å². The first-order valence-corrected chi connectivity index (χ1v) is 8.34. The first-order valence-electron chi connectivity index (χ1n) is 8.34. The lowest BCUT2D eigenvalue weighted by Crippen LogP contribution is -2.40. The summed E-state index contributed by atoms with van der Waals surface area (Å²) in [6.45, 7) is 5.80. The molecular formula is C17H25N5O. The molecule has 1 saturated heterocycles. The molecule has 3 rings (SSSR count). The molecule has 1 atom stereocenters. The van der Waals surface area contributed by atoms with Crippen LogP contribution < -0.4 is 0 Å². The van der Waals surface area contributed by atoms with Crippen LogP contribution in [0.15, 0.2) is 24.5 Å². The van der Waals surface area contributed by atoms with E-state index in [0.717, 1.165) is 31.6 Å². The maximum Gasteiger partial charge on any atom is 0.228 e. The van der Waals surface area contributed by atoms with Crippen molar-refractivity contribution < 1.29 is 4.79 Å². The van der Waals surface area contributed by atoms with Gasteiger partial charge in [-0.2, -0.15) is 10.2 Å². The van der Waals surface area contributed by atoms with E-state index in [2.05, 4.69) is 30.1 Å². The lowest BCUT2D eigenvalue weighted by molar-refractivity contribution is -0.131. The van der Waals surface area contributed by atoms with Crippen molar-refractivity contribution >= 4 is 5.91 Å². The molecule has 0 aliphatic carbocycles. The average molecular weight is 315 g/mol. The van der Waals surface area contributed by atoms with Gasteiger partial charge in [0, 0.05) is 50.2 Å². The Morgan fingerprint density at radius 1 is 1.39 bits per heavy atom. The number of rotatable bonds is 4. The van der Waals surface area contributed by atoms with Crippen LogP contribution in [0, 0.1) is 0 Å². The number of carbonyl (C=O) groups is 1. The van der Waals surface area contributed by atoms with Crippen molar-refractivity contribution in [1.29, 1.82) is 0 Å². The van der Waals surface area contributed by atoms with Crippen molar-refractivity contribution in [1.82, 2.24) is 24.5 Å². The molecule has 6 nitrogen and oxygen atoms in total. The minimum atomic E-state index is 0.172. The predicted octanol–water partition coefficient (Wildman–Crippen LogP) is 2.15. The number of hydrogen-bond acceptors (Lipinski definition) is 3.